The summed E-state index contributed by atoms with van der Waals surface area (Å²) in [5.74, 6) is -0.149. The molecule has 0 unspecified atom stereocenters. The van der Waals surface area contributed by atoms with Crippen LogP contribution in [0.1, 0.15) is 43.0 Å². The summed E-state index contributed by atoms with van der Waals surface area (Å²) in [6.45, 7) is 2.47. The second kappa shape index (κ2) is 6.93. The first-order chi connectivity index (χ1) is 9.70. The van der Waals surface area contributed by atoms with Gasteiger partial charge in [-0.3, -0.25) is 4.79 Å². The van der Waals surface area contributed by atoms with Gasteiger partial charge in [0.25, 0.3) is 5.91 Å². The Morgan fingerprint density at radius 1 is 1.20 bits per heavy atom. The summed E-state index contributed by atoms with van der Waals surface area (Å²) >= 11 is 0. The van der Waals surface area contributed by atoms with Crippen LogP contribution in [0.3, 0.4) is 0 Å². The molecule has 20 heavy (non-hydrogen) atoms. The van der Waals surface area contributed by atoms with Crippen LogP contribution in [0.15, 0.2) is 24.3 Å². The number of hydrogen-bond donors (Lipinski definition) is 1. The van der Waals surface area contributed by atoms with Crippen molar-refractivity contribution < 1.29 is 19.2 Å². The van der Waals surface area contributed by atoms with E-state index < -0.39 is 5.91 Å². The molecule has 1 aliphatic rings. The minimum atomic E-state index is -0.431. The highest BCUT2D eigenvalue weighted by Gasteiger charge is 2.25. The Balaban J connectivity index is 1.83. The number of amides is 1. The van der Waals surface area contributed by atoms with Crippen molar-refractivity contribution in [2.75, 3.05) is 6.61 Å². The first-order valence-electron chi connectivity index (χ1n) is 6.94. The second-order valence-corrected chi connectivity index (χ2v) is 4.79. The number of rotatable bonds is 4. The van der Waals surface area contributed by atoms with Gasteiger partial charge in [0.15, 0.2) is 0 Å². The molecule has 1 amide bonds. The topological polar surface area (TPSA) is 64.6 Å². The van der Waals surface area contributed by atoms with Crippen LogP contribution in [-0.4, -0.2) is 18.5 Å². The lowest BCUT2D eigenvalue weighted by Crippen LogP contribution is -2.29. The number of hydrogen-bond acceptors (Lipinski definition) is 4. The zero-order chi connectivity index (χ0) is 14.4. The zero-order valence-electron chi connectivity index (χ0n) is 11.6. The summed E-state index contributed by atoms with van der Waals surface area (Å²) in [5, 5.41) is 0. The Bertz CT molecular complexity index is 463. The quantitative estimate of drug-likeness (QED) is 0.859. The summed E-state index contributed by atoms with van der Waals surface area (Å²) in [6, 6.07) is 6.67. The number of ether oxygens (including phenoxy) is 1. The maximum Gasteiger partial charge on any atom is 0.335 e. The van der Waals surface area contributed by atoms with Gasteiger partial charge in [0.05, 0.1) is 12.5 Å². The Hall–Kier alpha value is -2.04. The maximum absolute atomic E-state index is 11.8. The van der Waals surface area contributed by atoms with Crippen LogP contribution >= 0.6 is 0 Å². The highest BCUT2D eigenvalue weighted by molar-refractivity contribution is 5.94. The molecule has 1 aliphatic carbocycles. The summed E-state index contributed by atoms with van der Waals surface area (Å²) in [7, 11) is 0. The molecule has 108 valence electrons. The van der Waals surface area contributed by atoms with Crippen LogP contribution in [0.5, 0.6) is 5.75 Å². The molecular formula is C15H19NO4. The van der Waals surface area contributed by atoms with Crippen LogP contribution < -0.4 is 10.2 Å². The van der Waals surface area contributed by atoms with E-state index in [0.29, 0.717) is 17.9 Å². The first kappa shape index (κ1) is 14.4. The third kappa shape index (κ3) is 3.73. The van der Waals surface area contributed by atoms with Gasteiger partial charge in [-0.05, 0) is 44.0 Å². The molecular weight excluding hydrogens is 258 g/mol. The van der Waals surface area contributed by atoms with Crippen molar-refractivity contribution in [2.24, 2.45) is 5.92 Å². The Morgan fingerprint density at radius 3 is 2.45 bits per heavy atom. The van der Waals surface area contributed by atoms with Crippen molar-refractivity contribution in [1.29, 1.82) is 0 Å². The SMILES string of the molecule is CCOc1ccc(C(=O)NOC(=O)C2CCCC2)cc1. The van der Waals surface area contributed by atoms with Gasteiger partial charge in [-0.25, -0.2) is 4.79 Å². The second-order valence-electron chi connectivity index (χ2n) is 4.79. The van der Waals surface area contributed by atoms with E-state index in [4.69, 9.17) is 9.57 Å². The van der Waals surface area contributed by atoms with E-state index in [1.807, 2.05) is 6.92 Å². The fourth-order valence-corrected chi connectivity index (χ4v) is 2.27. The highest BCUT2D eigenvalue weighted by atomic mass is 16.7. The fraction of sp³-hybridized carbons (Fsp3) is 0.467. The Labute approximate surface area is 118 Å². The molecule has 0 bridgehead atoms. The van der Waals surface area contributed by atoms with Crippen LogP contribution in [0, 0.1) is 5.92 Å². The summed E-state index contributed by atoms with van der Waals surface area (Å²) in [5.41, 5.74) is 2.62. The van der Waals surface area contributed by atoms with E-state index in [0.717, 1.165) is 25.7 Å². The molecule has 0 aliphatic heterocycles. The molecule has 1 saturated carbocycles. The average molecular weight is 277 g/mol. The van der Waals surface area contributed by atoms with Gasteiger partial charge < -0.3 is 9.57 Å². The van der Waals surface area contributed by atoms with Gasteiger partial charge in [0, 0.05) is 5.56 Å². The highest BCUT2D eigenvalue weighted by Crippen LogP contribution is 2.25. The van der Waals surface area contributed by atoms with E-state index in [1.165, 1.54) is 0 Å². The van der Waals surface area contributed by atoms with Crippen LogP contribution in [-0.2, 0) is 9.63 Å². The van der Waals surface area contributed by atoms with E-state index in [2.05, 4.69) is 5.48 Å². The molecule has 0 radical (unpaired) electrons. The minimum Gasteiger partial charge on any atom is -0.494 e. The lowest BCUT2D eigenvalue weighted by molar-refractivity contribution is -0.153. The molecule has 0 saturated heterocycles. The minimum absolute atomic E-state index is 0.0735. The molecule has 1 N–H and O–H groups in total. The number of hydroxylamine groups is 1. The molecule has 2 rings (SSSR count). The van der Waals surface area contributed by atoms with Crippen LogP contribution in [0.25, 0.3) is 0 Å². The standard InChI is InChI=1S/C15H19NO4/c1-2-19-13-9-7-11(8-10-13)14(17)16-20-15(18)12-5-3-4-6-12/h7-10,12H,2-6H2,1H3,(H,16,17). The molecule has 5 heteroatoms. The van der Waals surface area contributed by atoms with Crippen molar-refractivity contribution in [3.8, 4) is 5.75 Å². The van der Waals surface area contributed by atoms with E-state index in [-0.39, 0.29) is 11.9 Å². The average Bonchev–Trinajstić information content (AvgIpc) is 3.00. The largest absolute Gasteiger partial charge is 0.494 e. The lowest BCUT2D eigenvalue weighted by atomic mass is 10.1. The molecule has 1 aromatic carbocycles. The van der Waals surface area contributed by atoms with Gasteiger partial charge in [0.2, 0.25) is 0 Å². The third-order valence-electron chi connectivity index (χ3n) is 3.36. The van der Waals surface area contributed by atoms with E-state index >= 15 is 0 Å². The molecule has 1 fully saturated rings. The number of benzene rings is 1. The molecule has 0 atom stereocenters. The van der Waals surface area contributed by atoms with Crippen molar-refractivity contribution in [3.05, 3.63) is 29.8 Å². The molecule has 1 aromatic rings. The van der Waals surface area contributed by atoms with Gasteiger partial charge in [-0.1, -0.05) is 12.8 Å². The van der Waals surface area contributed by atoms with Crippen molar-refractivity contribution >= 4 is 11.9 Å². The molecule has 0 spiro atoms. The Kier molecular flexibility index (Phi) is 4.98. The summed E-state index contributed by atoms with van der Waals surface area (Å²) < 4.78 is 5.29. The summed E-state index contributed by atoms with van der Waals surface area (Å²) in [6.07, 6.45) is 3.79. The molecule has 5 nitrogen and oxygen atoms in total. The molecule has 0 heterocycles. The maximum atomic E-state index is 11.8. The number of carbonyl (C=O) groups excluding carboxylic acids is 2. The smallest absolute Gasteiger partial charge is 0.335 e. The van der Waals surface area contributed by atoms with Crippen LogP contribution in [0.4, 0.5) is 0 Å². The van der Waals surface area contributed by atoms with E-state index in [9.17, 15) is 9.59 Å². The predicted molar refractivity (Wildman–Crippen MR) is 73.1 cm³/mol. The van der Waals surface area contributed by atoms with Crippen molar-refractivity contribution in [2.45, 2.75) is 32.6 Å². The monoisotopic (exact) mass is 277 g/mol. The zero-order valence-corrected chi connectivity index (χ0v) is 11.6. The normalized spacial score (nSPS) is 14.8. The Morgan fingerprint density at radius 2 is 1.85 bits per heavy atom. The number of carbonyl (C=O) groups is 2. The number of nitrogens with one attached hydrogen (secondary N) is 1. The van der Waals surface area contributed by atoms with Gasteiger partial charge in [-0.2, -0.15) is 5.48 Å². The van der Waals surface area contributed by atoms with Crippen LogP contribution in [0.2, 0.25) is 0 Å². The predicted octanol–water partition coefficient (Wildman–Crippen LogP) is 2.46. The third-order valence-corrected chi connectivity index (χ3v) is 3.36. The molecule has 0 aromatic heterocycles. The van der Waals surface area contributed by atoms with E-state index in [1.54, 1.807) is 24.3 Å². The van der Waals surface area contributed by atoms with Gasteiger partial charge >= 0.3 is 5.97 Å². The first-order valence-corrected chi connectivity index (χ1v) is 6.94. The summed E-state index contributed by atoms with van der Waals surface area (Å²) in [4.78, 5) is 28.3. The lowest BCUT2D eigenvalue weighted by Gasteiger charge is -2.10. The van der Waals surface area contributed by atoms with Crippen molar-refractivity contribution in [3.63, 3.8) is 0 Å². The fourth-order valence-electron chi connectivity index (χ4n) is 2.27. The van der Waals surface area contributed by atoms with Crippen molar-refractivity contribution in [1.82, 2.24) is 5.48 Å². The van der Waals surface area contributed by atoms with Gasteiger partial charge in [-0.15, -0.1) is 0 Å². The van der Waals surface area contributed by atoms with Gasteiger partial charge in [0.1, 0.15) is 5.75 Å².